The SMILES string of the molecule is O=C(O)[C@H](Cc1ccc(O)cc1)N(C(=O)c1c(Cl)cccc1Cl)S(=O)(=O)C(F)(F)F. The molecule has 0 spiro atoms. The highest BCUT2D eigenvalue weighted by Crippen LogP contribution is 2.34. The maximum atomic E-state index is 13.3. The van der Waals surface area contributed by atoms with Gasteiger partial charge in [0.05, 0.1) is 15.6 Å². The van der Waals surface area contributed by atoms with Crippen LogP contribution in [0.15, 0.2) is 42.5 Å². The summed E-state index contributed by atoms with van der Waals surface area (Å²) in [5, 5.41) is 17.8. The van der Waals surface area contributed by atoms with Gasteiger partial charge in [-0.2, -0.15) is 21.6 Å². The number of carbonyl (C=O) groups is 2. The highest BCUT2D eigenvalue weighted by Gasteiger charge is 2.55. The molecule has 0 aliphatic carbocycles. The van der Waals surface area contributed by atoms with E-state index in [-0.39, 0.29) is 11.3 Å². The summed E-state index contributed by atoms with van der Waals surface area (Å²) < 4.78 is 63.5. The summed E-state index contributed by atoms with van der Waals surface area (Å²) in [6, 6.07) is 5.49. The Bertz CT molecular complexity index is 1050. The van der Waals surface area contributed by atoms with Gasteiger partial charge >= 0.3 is 21.5 Å². The Balaban J connectivity index is 2.68. The predicted octanol–water partition coefficient (Wildman–Crippen LogP) is 3.69. The lowest BCUT2D eigenvalue weighted by molar-refractivity contribution is -0.141. The molecular weight excluding hydrogens is 474 g/mol. The first-order valence-electron chi connectivity index (χ1n) is 7.87. The van der Waals surface area contributed by atoms with E-state index in [4.69, 9.17) is 23.2 Å². The van der Waals surface area contributed by atoms with Crippen molar-refractivity contribution in [2.45, 2.75) is 18.0 Å². The minimum atomic E-state index is -6.46. The Morgan fingerprint density at radius 2 is 1.53 bits per heavy atom. The van der Waals surface area contributed by atoms with Crippen LogP contribution in [0.4, 0.5) is 13.2 Å². The third-order valence-electron chi connectivity index (χ3n) is 3.86. The van der Waals surface area contributed by atoms with Gasteiger partial charge in [0.15, 0.2) is 0 Å². The monoisotopic (exact) mass is 485 g/mol. The maximum Gasteiger partial charge on any atom is 0.516 e. The van der Waals surface area contributed by atoms with Crippen molar-refractivity contribution in [1.29, 1.82) is 0 Å². The van der Waals surface area contributed by atoms with E-state index >= 15 is 0 Å². The second-order valence-electron chi connectivity index (χ2n) is 5.87. The van der Waals surface area contributed by atoms with Gasteiger partial charge in [-0.3, -0.25) is 4.79 Å². The van der Waals surface area contributed by atoms with Crippen LogP contribution in [-0.4, -0.2) is 46.4 Å². The fourth-order valence-electron chi connectivity index (χ4n) is 2.47. The van der Waals surface area contributed by atoms with Crippen molar-refractivity contribution in [1.82, 2.24) is 4.31 Å². The van der Waals surface area contributed by atoms with Crippen molar-refractivity contribution in [2.75, 3.05) is 0 Å². The van der Waals surface area contributed by atoms with Crippen LogP contribution in [0.3, 0.4) is 0 Å². The van der Waals surface area contributed by atoms with Crippen LogP contribution in [0.2, 0.25) is 10.0 Å². The molecule has 0 unspecified atom stereocenters. The molecule has 2 rings (SSSR count). The number of phenolic OH excluding ortho intramolecular Hbond substituents is 1. The molecule has 0 aromatic heterocycles. The molecule has 0 saturated carbocycles. The molecule has 1 amide bonds. The van der Waals surface area contributed by atoms with Crippen LogP contribution >= 0.6 is 23.2 Å². The van der Waals surface area contributed by atoms with E-state index in [0.717, 1.165) is 36.4 Å². The molecule has 2 N–H and O–H groups in total. The number of hydrogen-bond donors (Lipinski definition) is 2. The number of aliphatic carboxylic acids is 1. The summed E-state index contributed by atoms with van der Waals surface area (Å²) >= 11 is 11.6. The number of alkyl halides is 3. The normalized spacial score (nSPS) is 13.0. The highest BCUT2D eigenvalue weighted by atomic mass is 35.5. The minimum absolute atomic E-state index is 0.0423. The van der Waals surface area contributed by atoms with E-state index in [9.17, 15) is 41.4 Å². The van der Waals surface area contributed by atoms with Gasteiger partial charge in [-0.1, -0.05) is 41.4 Å². The second-order valence-corrected chi connectivity index (χ2v) is 8.49. The minimum Gasteiger partial charge on any atom is -0.508 e. The van der Waals surface area contributed by atoms with Crippen LogP contribution in [0.5, 0.6) is 5.75 Å². The Morgan fingerprint density at radius 3 is 1.97 bits per heavy atom. The van der Waals surface area contributed by atoms with Gasteiger partial charge in [0.25, 0.3) is 5.91 Å². The molecular formula is C17H12Cl2F3NO6S. The standard InChI is InChI=1S/C17H12Cl2F3NO6S/c18-11-2-1-3-12(19)14(11)15(25)23(30(28,29)17(20,21)22)13(16(26)27)8-9-4-6-10(24)7-5-9/h1-7,13,24H,8H2,(H,26,27)/t13-/m0/s1. The summed E-state index contributed by atoms with van der Waals surface area (Å²) in [5.74, 6) is -4.09. The molecule has 13 heteroatoms. The van der Waals surface area contributed by atoms with Crippen molar-refractivity contribution in [2.24, 2.45) is 0 Å². The number of rotatable bonds is 6. The zero-order valence-electron chi connectivity index (χ0n) is 14.6. The lowest BCUT2D eigenvalue weighted by atomic mass is 10.1. The van der Waals surface area contributed by atoms with Crippen molar-refractivity contribution in [3.8, 4) is 5.75 Å². The Hall–Kier alpha value is -2.50. The number of benzene rings is 2. The number of nitrogens with zero attached hydrogens (tertiary/aromatic N) is 1. The van der Waals surface area contributed by atoms with Crippen molar-refractivity contribution in [3.05, 3.63) is 63.6 Å². The number of halogens is 5. The number of phenols is 1. The summed E-state index contributed by atoms with van der Waals surface area (Å²) in [6.45, 7) is 0. The summed E-state index contributed by atoms with van der Waals surface area (Å²) in [6.07, 6.45) is -0.821. The molecule has 0 heterocycles. The zero-order chi connectivity index (χ0) is 22.9. The first-order valence-corrected chi connectivity index (χ1v) is 10.1. The fraction of sp³-hybridized carbons (Fsp3) is 0.176. The molecule has 30 heavy (non-hydrogen) atoms. The zero-order valence-corrected chi connectivity index (χ0v) is 16.9. The molecule has 0 aliphatic heterocycles. The lowest BCUT2D eigenvalue weighted by Gasteiger charge is -2.29. The van der Waals surface area contributed by atoms with Gasteiger partial charge in [0.1, 0.15) is 11.8 Å². The maximum absolute atomic E-state index is 13.3. The Labute approximate surface area is 178 Å². The molecule has 0 fully saturated rings. The number of carboxylic acids is 1. The van der Waals surface area contributed by atoms with Crippen LogP contribution in [0.25, 0.3) is 0 Å². The number of amides is 1. The molecule has 0 radical (unpaired) electrons. The second kappa shape index (κ2) is 8.70. The first-order chi connectivity index (χ1) is 13.8. The topological polar surface area (TPSA) is 112 Å². The van der Waals surface area contributed by atoms with Crippen molar-refractivity contribution in [3.63, 3.8) is 0 Å². The molecule has 7 nitrogen and oxygen atoms in total. The third-order valence-corrected chi connectivity index (χ3v) is 6.01. The molecule has 0 aliphatic rings. The molecule has 2 aromatic rings. The van der Waals surface area contributed by atoms with Crippen LogP contribution in [0.1, 0.15) is 15.9 Å². The number of sulfonamides is 1. The first kappa shape index (κ1) is 23.8. The Morgan fingerprint density at radius 1 is 1.03 bits per heavy atom. The average Bonchev–Trinajstić information content (AvgIpc) is 2.61. The van der Waals surface area contributed by atoms with Crippen LogP contribution < -0.4 is 0 Å². The van der Waals surface area contributed by atoms with Gasteiger partial charge in [0.2, 0.25) is 0 Å². The molecule has 162 valence electrons. The van der Waals surface area contributed by atoms with Gasteiger partial charge in [-0.25, -0.2) is 9.10 Å². The van der Waals surface area contributed by atoms with Crippen molar-refractivity contribution < 1.29 is 41.4 Å². The van der Waals surface area contributed by atoms with Gasteiger partial charge in [0, 0.05) is 6.42 Å². The van der Waals surface area contributed by atoms with Crippen molar-refractivity contribution >= 4 is 45.1 Å². The fourth-order valence-corrected chi connectivity index (χ4v) is 4.06. The Kier molecular flexibility index (Phi) is 6.90. The van der Waals surface area contributed by atoms with E-state index in [2.05, 4.69) is 0 Å². The number of aromatic hydroxyl groups is 1. The van der Waals surface area contributed by atoms with E-state index in [0.29, 0.717) is 0 Å². The van der Waals surface area contributed by atoms with Crippen LogP contribution in [0, 0.1) is 0 Å². The summed E-state index contributed by atoms with van der Waals surface area (Å²) in [5.41, 5.74) is -6.75. The number of carbonyl (C=O) groups excluding carboxylic acids is 1. The third kappa shape index (κ3) is 4.79. The van der Waals surface area contributed by atoms with Gasteiger partial charge in [-0.05, 0) is 29.8 Å². The molecule has 0 saturated heterocycles. The van der Waals surface area contributed by atoms with Gasteiger partial charge < -0.3 is 10.2 Å². The predicted molar refractivity (Wildman–Crippen MR) is 101 cm³/mol. The summed E-state index contributed by atoms with van der Waals surface area (Å²) in [4.78, 5) is 24.6. The molecule has 1 atom stereocenters. The molecule has 2 aromatic carbocycles. The lowest BCUT2D eigenvalue weighted by Crippen LogP contribution is -2.53. The molecule has 0 bridgehead atoms. The van der Waals surface area contributed by atoms with E-state index in [1.54, 1.807) is 0 Å². The number of carboxylic acid groups (broad SMARTS) is 1. The quantitative estimate of drug-likeness (QED) is 0.645. The van der Waals surface area contributed by atoms with E-state index in [1.165, 1.54) is 6.07 Å². The average molecular weight is 486 g/mol. The van der Waals surface area contributed by atoms with E-state index < -0.39 is 59.8 Å². The van der Waals surface area contributed by atoms with Gasteiger partial charge in [-0.15, -0.1) is 0 Å². The van der Waals surface area contributed by atoms with E-state index in [1.807, 2.05) is 0 Å². The number of hydrogen-bond acceptors (Lipinski definition) is 5. The highest BCUT2D eigenvalue weighted by molar-refractivity contribution is 7.90. The van der Waals surface area contributed by atoms with Crippen LogP contribution in [-0.2, 0) is 21.2 Å². The summed E-state index contributed by atoms with van der Waals surface area (Å²) in [7, 11) is -6.46. The smallest absolute Gasteiger partial charge is 0.508 e. The largest absolute Gasteiger partial charge is 0.516 e.